The average molecular weight is 354 g/mol. The highest BCUT2D eigenvalue weighted by Gasteiger charge is 2.18. The fourth-order valence-electron chi connectivity index (χ4n) is 2.79. The fraction of sp³-hybridized carbons (Fsp3) is 0.700. The standard InChI is InChI=1S/C20H34O5/c1-3-5-6-10-13-18(21)15-14-17(20(24)25)12-9-7-8-11-16(4-2)19(22)23/h4,11,17-18,21H,2-3,5-10,12-15H2,1H3,(H,22,23)(H,24,25). The highest BCUT2D eigenvalue weighted by atomic mass is 16.4. The summed E-state index contributed by atoms with van der Waals surface area (Å²) >= 11 is 0. The van der Waals surface area contributed by atoms with Crippen molar-refractivity contribution in [3.8, 4) is 0 Å². The molecule has 3 N–H and O–H groups in total. The first-order valence-electron chi connectivity index (χ1n) is 9.39. The van der Waals surface area contributed by atoms with Gasteiger partial charge in [-0.05, 0) is 38.5 Å². The summed E-state index contributed by atoms with van der Waals surface area (Å²) in [7, 11) is 0. The maximum absolute atomic E-state index is 11.3. The van der Waals surface area contributed by atoms with Gasteiger partial charge in [0.1, 0.15) is 0 Å². The van der Waals surface area contributed by atoms with Gasteiger partial charge >= 0.3 is 11.9 Å². The van der Waals surface area contributed by atoms with Crippen LogP contribution in [0.5, 0.6) is 0 Å². The van der Waals surface area contributed by atoms with Gasteiger partial charge in [0, 0.05) is 0 Å². The van der Waals surface area contributed by atoms with Crippen LogP contribution < -0.4 is 0 Å². The van der Waals surface area contributed by atoms with Crippen LogP contribution in [0.4, 0.5) is 0 Å². The van der Waals surface area contributed by atoms with E-state index < -0.39 is 24.0 Å². The third kappa shape index (κ3) is 12.4. The van der Waals surface area contributed by atoms with E-state index in [1.165, 1.54) is 12.5 Å². The second-order valence-electron chi connectivity index (χ2n) is 6.57. The normalized spacial score (nSPS) is 14.1. The summed E-state index contributed by atoms with van der Waals surface area (Å²) in [6, 6.07) is 0. The van der Waals surface area contributed by atoms with Crippen molar-refractivity contribution in [2.45, 2.75) is 83.7 Å². The summed E-state index contributed by atoms with van der Waals surface area (Å²) in [4.78, 5) is 22.1. The molecule has 0 fully saturated rings. The Hall–Kier alpha value is -1.62. The molecule has 0 aromatic rings. The van der Waals surface area contributed by atoms with Crippen LogP contribution in [0, 0.1) is 5.92 Å². The van der Waals surface area contributed by atoms with E-state index in [0.29, 0.717) is 25.7 Å². The van der Waals surface area contributed by atoms with Crippen LogP contribution in [-0.4, -0.2) is 33.4 Å². The van der Waals surface area contributed by atoms with Crippen molar-refractivity contribution >= 4 is 11.9 Å². The van der Waals surface area contributed by atoms with Crippen LogP contribution in [0.3, 0.4) is 0 Å². The van der Waals surface area contributed by atoms with Crippen LogP contribution in [0.1, 0.15) is 77.6 Å². The van der Waals surface area contributed by atoms with Crippen molar-refractivity contribution in [2.75, 3.05) is 0 Å². The Morgan fingerprint density at radius 1 is 0.960 bits per heavy atom. The van der Waals surface area contributed by atoms with E-state index in [1.54, 1.807) is 6.08 Å². The Labute approximate surface area is 151 Å². The highest BCUT2D eigenvalue weighted by Crippen LogP contribution is 2.19. The molecule has 144 valence electrons. The van der Waals surface area contributed by atoms with E-state index in [2.05, 4.69) is 13.5 Å². The first kappa shape index (κ1) is 23.4. The highest BCUT2D eigenvalue weighted by molar-refractivity contribution is 5.89. The molecule has 5 heteroatoms. The zero-order valence-electron chi connectivity index (χ0n) is 15.5. The molecule has 0 aromatic carbocycles. The molecule has 0 heterocycles. The van der Waals surface area contributed by atoms with Crippen LogP contribution in [0.15, 0.2) is 24.3 Å². The van der Waals surface area contributed by atoms with Crippen LogP contribution in [0.2, 0.25) is 0 Å². The van der Waals surface area contributed by atoms with Crippen molar-refractivity contribution < 1.29 is 24.9 Å². The molecule has 25 heavy (non-hydrogen) atoms. The van der Waals surface area contributed by atoms with E-state index in [0.717, 1.165) is 38.5 Å². The Morgan fingerprint density at radius 3 is 2.20 bits per heavy atom. The molecule has 0 aliphatic rings. The van der Waals surface area contributed by atoms with E-state index >= 15 is 0 Å². The monoisotopic (exact) mass is 354 g/mol. The molecule has 0 aliphatic carbocycles. The number of carboxylic acid groups (broad SMARTS) is 2. The minimum atomic E-state index is -0.994. The van der Waals surface area contributed by atoms with E-state index in [9.17, 15) is 19.8 Å². The lowest BCUT2D eigenvalue weighted by Gasteiger charge is -2.15. The van der Waals surface area contributed by atoms with Gasteiger partial charge in [0.2, 0.25) is 0 Å². The summed E-state index contributed by atoms with van der Waals surface area (Å²) in [5.74, 6) is -2.25. The molecule has 0 saturated carbocycles. The van der Waals surface area contributed by atoms with Gasteiger partial charge in [-0.1, -0.05) is 57.8 Å². The van der Waals surface area contributed by atoms with Crippen LogP contribution >= 0.6 is 0 Å². The maximum Gasteiger partial charge on any atom is 0.335 e. The van der Waals surface area contributed by atoms with Gasteiger partial charge in [-0.2, -0.15) is 0 Å². The number of unbranched alkanes of at least 4 members (excludes halogenated alkanes) is 5. The number of hydrogen-bond donors (Lipinski definition) is 3. The second kappa shape index (κ2) is 14.7. The number of hydrogen-bond acceptors (Lipinski definition) is 3. The van der Waals surface area contributed by atoms with Crippen molar-refractivity contribution in [2.24, 2.45) is 5.92 Å². The zero-order valence-corrected chi connectivity index (χ0v) is 15.5. The first-order chi connectivity index (χ1) is 11.9. The van der Waals surface area contributed by atoms with Gasteiger partial charge in [-0.3, -0.25) is 4.79 Å². The number of allylic oxidation sites excluding steroid dienone is 1. The molecule has 5 nitrogen and oxygen atoms in total. The smallest absolute Gasteiger partial charge is 0.335 e. The van der Waals surface area contributed by atoms with Gasteiger partial charge < -0.3 is 15.3 Å². The minimum absolute atomic E-state index is 0.181. The number of rotatable bonds is 16. The molecule has 0 spiro atoms. The van der Waals surface area contributed by atoms with Crippen LogP contribution in [-0.2, 0) is 9.59 Å². The van der Waals surface area contributed by atoms with Crippen molar-refractivity contribution in [3.63, 3.8) is 0 Å². The molecule has 0 rings (SSSR count). The lowest BCUT2D eigenvalue weighted by molar-refractivity contribution is -0.142. The molecule has 2 atom stereocenters. The molecule has 0 bridgehead atoms. The minimum Gasteiger partial charge on any atom is -0.481 e. The predicted octanol–water partition coefficient (Wildman–Crippen LogP) is 4.56. The molecular formula is C20H34O5. The van der Waals surface area contributed by atoms with Crippen LogP contribution in [0.25, 0.3) is 0 Å². The lowest BCUT2D eigenvalue weighted by atomic mass is 9.93. The Balaban J connectivity index is 4.04. The number of aliphatic hydroxyl groups excluding tert-OH is 1. The molecule has 0 aliphatic heterocycles. The number of carbonyl (C=O) groups is 2. The second-order valence-corrected chi connectivity index (χ2v) is 6.57. The van der Waals surface area contributed by atoms with E-state index in [1.807, 2.05) is 0 Å². The molecule has 0 saturated heterocycles. The fourth-order valence-corrected chi connectivity index (χ4v) is 2.79. The van der Waals surface area contributed by atoms with Gasteiger partial charge in [0.05, 0.1) is 17.6 Å². The van der Waals surface area contributed by atoms with Crippen molar-refractivity contribution in [1.82, 2.24) is 0 Å². The summed E-state index contributed by atoms with van der Waals surface area (Å²) in [5, 5.41) is 28.1. The quantitative estimate of drug-likeness (QED) is 0.215. The number of carboxylic acids is 2. The zero-order chi connectivity index (χ0) is 19.1. The third-order valence-corrected chi connectivity index (χ3v) is 4.43. The first-order valence-corrected chi connectivity index (χ1v) is 9.39. The topological polar surface area (TPSA) is 94.8 Å². The summed E-state index contributed by atoms with van der Waals surface area (Å²) in [6.07, 6.45) is 11.4. The van der Waals surface area contributed by atoms with Gasteiger partial charge in [0.15, 0.2) is 0 Å². The van der Waals surface area contributed by atoms with Crippen molar-refractivity contribution in [3.05, 3.63) is 24.3 Å². The molecule has 2 unspecified atom stereocenters. The van der Waals surface area contributed by atoms with Gasteiger partial charge in [-0.15, -0.1) is 0 Å². The Morgan fingerprint density at radius 2 is 1.64 bits per heavy atom. The number of aliphatic carboxylic acids is 2. The lowest BCUT2D eigenvalue weighted by Crippen LogP contribution is -2.17. The molecular weight excluding hydrogens is 320 g/mol. The van der Waals surface area contributed by atoms with Gasteiger partial charge in [0.25, 0.3) is 0 Å². The molecule has 0 amide bonds. The Bertz CT molecular complexity index is 428. The summed E-state index contributed by atoms with van der Waals surface area (Å²) in [5.41, 5.74) is 0.181. The average Bonchev–Trinajstić information content (AvgIpc) is 2.56. The summed E-state index contributed by atoms with van der Waals surface area (Å²) in [6.45, 7) is 5.60. The predicted molar refractivity (Wildman–Crippen MR) is 99.5 cm³/mol. The maximum atomic E-state index is 11.3. The van der Waals surface area contributed by atoms with E-state index in [4.69, 9.17) is 5.11 Å². The van der Waals surface area contributed by atoms with E-state index in [-0.39, 0.29) is 5.57 Å². The van der Waals surface area contributed by atoms with Crippen molar-refractivity contribution in [1.29, 1.82) is 0 Å². The third-order valence-electron chi connectivity index (χ3n) is 4.43. The molecule has 0 aromatic heterocycles. The Kier molecular flexibility index (Phi) is 13.7. The largest absolute Gasteiger partial charge is 0.481 e. The van der Waals surface area contributed by atoms with Gasteiger partial charge in [-0.25, -0.2) is 4.79 Å². The SMILES string of the molecule is C=CC(=CCCCCC(CCC(O)CCCCCC)C(=O)O)C(=O)O. The number of aliphatic hydroxyl groups is 1. The summed E-state index contributed by atoms with van der Waals surface area (Å²) < 4.78 is 0. The molecule has 0 radical (unpaired) electrons.